The third-order valence-electron chi connectivity index (χ3n) is 2.40. The fourth-order valence-electron chi connectivity index (χ4n) is 1.60. The van der Waals surface area contributed by atoms with E-state index in [0.29, 0.717) is 5.82 Å². The topological polar surface area (TPSA) is 43.9 Å². The van der Waals surface area contributed by atoms with Crippen molar-refractivity contribution in [2.24, 2.45) is 0 Å². The Morgan fingerprint density at radius 3 is 2.65 bits per heavy atom. The molecule has 2 heterocycles. The SMILES string of the molecule is Fc1ccc(-n2ncnc2-c2ccoc2)cc1. The van der Waals surface area contributed by atoms with Crippen LogP contribution in [0.4, 0.5) is 4.39 Å². The zero-order valence-electron chi connectivity index (χ0n) is 8.75. The Morgan fingerprint density at radius 2 is 1.94 bits per heavy atom. The summed E-state index contributed by atoms with van der Waals surface area (Å²) in [5.74, 6) is 0.379. The number of nitrogens with zero attached hydrogens (tertiary/aromatic N) is 3. The van der Waals surface area contributed by atoms with Crippen molar-refractivity contribution in [2.75, 3.05) is 0 Å². The summed E-state index contributed by atoms with van der Waals surface area (Å²) in [4.78, 5) is 4.16. The van der Waals surface area contributed by atoms with Gasteiger partial charge in [0.15, 0.2) is 5.82 Å². The summed E-state index contributed by atoms with van der Waals surface area (Å²) in [6.07, 6.45) is 4.61. The van der Waals surface area contributed by atoms with Gasteiger partial charge >= 0.3 is 0 Å². The monoisotopic (exact) mass is 229 g/mol. The van der Waals surface area contributed by atoms with Gasteiger partial charge in [-0.05, 0) is 30.3 Å². The first-order chi connectivity index (χ1) is 8.34. The van der Waals surface area contributed by atoms with E-state index in [4.69, 9.17) is 4.42 Å². The molecule has 0 spiro atoms. The van der Waals surface area contributed by atoms with E-state index in [1.807, 2.05) is 0 Å². The van der Waals surface area contributed by atoms with Crippen molar-refractivity contribution in [3.05, 3.63) is 55.0 Å². The maximum Gasteiger partial charge on any atom is 0.166 e. The highest BCUT2D eigenvalue weighted by Crippen LogP contribution is 2.20. The average molecular weight is 229 g/mol. The minimum atomic E-state index is -0.279. The van der Waals surface area contributed by atoms with E-state index in [0.717, 1.165) is 11.3 Å². The van der Waals surface area contributed by atoms with Crippen LogP contribution < -0.4 is 0 Å². The van der Waals surface area contributed by atoms with Gasteiger partial charge in [0.1, 0.15) is 18.4 Å². The van der Waals surface area contributed by atoms with Crippen molar-refractivity contribution in [3.8, 4) is 17.1 Å². The Kier molecular flexibility index (Phi) is 2.22. The zero-order valence-corrected chi connectivity index (χ0v) is 8.75. The van der Waals surface area contributed by atoms with Crippen LogP contribution in [0, 0.1) is 5.82 Å². The molecule has 0 amide bonds. The maximum absolute atomic E-state index is 12.8. The van der Waals surface area contributed by atoms with Gasteiger partial charge in [-0.15, -0.1) is 0 Å². The molecular weight excluding hydrogens is 221 g/mol. The van der Waals surface area contributed by atoms with E-state index < -0.39 is 0 Å². The number of aromatic nitrogens is 3. The summed E-state index contributed by atoms with van der Waals surface area (Å²) >= 11 is 0. The Balaban J connectivity index is 2.10. The molecule has 0 radical (unpaired) electrons. The molecule has 0 saturated carbocycles. The van der Waals surface area contributed by atoms with E-state index in [-0.39, 0.29) is 5.82 Å². The molecule has 0 aliphatic heterocycles. The highest BCUT2D eigenvalue weighted by atomic mass is 19.1. The lowest BCUT2D eigenvalue weighted by Gasteiger charge is -2.03. The Labute approximate surface area is 96.3 Å². The molecule has 2 aromatic heterocycles. The number of hydrogen-bond acceptors (Lipinski definition) is 3. The quantitative estimate of drug-likeness (QED) is 0.678. The molecule has 0 saturated heterocycles. The van der Waals surface area contributed by atoms with Gasteiger partial charge < -0.3 is 4.42 Å². The summed E-state index contributed by atoms with van der Waals surface area (Å²) in [6, 6.07) is 7.86. The first-order valence-electron chi connectivity index (χ1n) is 5.03. The summed E-state index contributed by atoms with van der Waals surface area (Å²) in [5, 5.41) is 4.11. The van der Waals surface area contributed by atoms with Gasteiger partial charge in [0.2, 0.25) is 0 Å². The van der Waals surface area contributed by atoms with Gasteiger partial charge in [-0.3, -0.25) is 0 Å². The molecule has 0 unspecified atom stereocenters. The van der Waals surface area contributed by atoms with Crippen molar-refractivity contribution in [1.82, 2.24) is 14.8 Å². The molecule has 3 rings (SSSR count). The van der Waals surface area contributed by atoms with Gasteiger partial charge in [0.25, 0.3) is 0 Å². The van der Waals surface area contributed by atoms with Crippen molar-refractivity contribution in [3.63, 3.8) is 0 Å². The zero-order chi connectivity index (χ0) is 11.7. The maximum atomic E-state index is 12.8. The number of hydrogen-bond donors (Lipinski definition) is 0. The highest BCUT2D eigenvalue weighted by Gasteiger charge is 2.09. The third kappa shape index (κ3) is 1.71. The Bertz CT molecular complexity index is 614. The first kappa shape index (κ1) is 9.77. The van der Waals surface area contributed by atoms with Crippen molar-refractivity contribution < 1.29 is 8.81 Å². The molecule has 0 fully saturated rings. The van der Waals surface area contributed by atoms with Gasteiger partial charge in [0.05, 0.1) is 17.5 Å². The van der Waals surface area contributed by atoms with Gasteiger partial charge in [-0.2, -0.15) is 5.10 Å². The molecule has 0 aliphatic rings. The summed E-state index contributed by atoms with van der Waals surface area (Å²) < 4.78 is 19.5. The van der Waals surface area contributed by atoms with Crippen molar-refractivity contribution >= 4 is 0 Å². The molecule has 1 aromatic carbocycles. The lowest BCUT2D eigenvalue weighted by molar-refractivity contribution is 0.567. The summed E-state index contributed by atoms with van der Waals surface area (Å²) in [6.45, 7) is 0. The molecule has 0 aliphatic carbocycles. The van der Waals surface area contributed by atoms with Crippen LogP contribution in [0.2, 0.25) is 0 Å². The standard InChI is InChI=1S/C12H8FN3O/c13-10-1-3-11(4-2-10)16-12(14-8-15-16)9-5-6-17-7-9/h1-8H. The van der Waals surface area contributed by atoms with Crippen LogP contribution in [0.5, 0.6) is 0 Å². The van der Waals surface area contributed by atoms with Crippen LogP contribution in [0.15, 0.2) is 53.6 Å². The van der Waals surface area contributed by atoms with E-state index in [1.165, 1.54) is 18.5 Å². The smallest absolute Gasteiger partial charge is 0.166 e. The molecular formula is C12H8FN3O. The normalized spacial score (nSPS) is 10.6. The Morgan fingerprint density at radius 1 is 1.12 bits per heavy atom. The molecule has 17 heavy (non-hydrogen) atoms. The van der Waals surface area contributed by atoms with Crippen LogP contribution in [0.1, 0.15) is 0 Å². The number of halogens is 1. The van der Waals surface area contributed by atoms with Gasteiger partial charge in [-0.25, -0.2) is 14.1 Å². The fraction of sp³-hybridized carbons (Fsp3) is 0. The van der Waals surface area contributed by atoms with Gasteiger partial charge in [-0.1, -0.05) is 0 Å². The number of furan rings is 1. The minimum Gasteiger partial charge on any atom is -0.472 e. The van der Waals surface area contributed by atoms with Crippen LogP contribution in [-0.4, -0.2) is 14.8 Å². The van der Waals surface area contributed by atoms with E-state index in [2.05, 4.69) is 10.1 Å². The molecule has 84 valence electrons. The largest absolute Gasteiger partial charge is 0.472 e. The first-order valence-corrected chi connectivity index (χ1v) is 5.03. The summed E-state index contributed by atoms with van der Waals surface area (Å²) in [5.41, 5.74) is 1.58. The average Bonchev–Trinajstić information content (AvgIpc) is 3.00. The Hall–Kier alpha value is -2.43. The van der Waals surface area contributed by atoms with Crippen LogP contribution in [-0.2, 0) is 0 Å². The second kappa shape index (κ2) is 3.86. The molecule has 0 atom stereocenters. The lowest BCUT2D eigenvalue weighted by Crippen LogP contribution is -1.98. The lowest BCUT2D eigenvalue weighted by atomic mass is 10.3. The summed E-state index contributed by atoms with van der Waals surface area (Å²) in [7, 11) is 0. The molecule has 4 nitrogen and oxygen atoms in total. The molecule has 0 N–H and O–H groups in total. The third-order valence-corrected chi connectivity index (χ3v) is 2.40. The van der Waals surface area contributed by atoms with Crippen LogP contribution in [0.3, 0.4) is 0 Å². The fourth-order valence-corrected chi connectivity index (χ4v) is 1.60. The predicted molar refractivity (Wildman–Crippen MR) is 59.0 cm³/mol. The van der Waals surface area contributed by atoms with Crippen LogP contribution in [0.25, 0.3) is 17.1 Å². The predicted octanol–water partition coefficient (Wildman–Crippen LogP) is 2.67. The van der Waals surface area contributed by atoms with Gasteiger partial charge in [0, 0.05) is 0 Å². The van der Waals surface area contributed by atoms with Crippen molar-refractivity contribution in [2.45, 2.75) is 0 Å². The van der Waals surface area contributed by atoms with Crippen molar-refractivity contribution in [1.29, 1.82) is 0 Å². The van der Waals surface area contributed by atoms with E-state index in [1.54, 1.807) is 35.4 Å². The number of rotatable bonds is 2. The molecule has 3 aromatic rings. The van der Waals surface area contributed by atoms with E-state index >= 15 is 0 Å². The second-order valence-corrected chi connectivity index (χ2v) is 3.48. The second-order valence-electron chi connectivity index (χ2n) is 3.48. The number of benzene rings is 1. The van der Waals surface area contributed by atoms with Crippen LogP contribution >= 0.6 is 0 Å². The van der Waals surface area contributed by atoms with E-state index in [9.17, 15) is 4.39 Å². The molecule has 5 heteroatoms. The minimum absolute atomic E-state index is 0.279. The molecule has 0 bridgehead atoms. The highest BCUT2D eigenvalue weighted by molar-refractivity contribution is 5.55.